The van der Waals surface area contributed by atoms with Gasteiger partial charge in [-0.05, 0) is 25.0 Å². The highest BCUT2D eigenvalue weighted by Gasteiger charge is 2.34. The lowest BCUT2D eigenvalue weighted by molar-refractivity contribution is 0.327. The standard InChI is InChI=1S/C10H18N2S/c11-7-10(5-6-13-8-10)12-9-3-1-2-4-9/h1-2,9,12H,3-8,11H2. The summed E-state index contributed by atoms with van der Waals surface area (Å²) in [5.41, 5.74) is 6.10. The van der Waals surface area contributed by atoms with E-state index in [0.29, 0.717) is 6.04 Å². The Morgan fingerprint density at radius 2 is 2.23 bits per heavy atom. The van der Waals surface area contributed by atoms with Gasteiger partial charge < -0.3 is 11.1 Å². The summed E-state index contributed by atoms with van der Waals surface area (Å²) in [4.78, 5) is 0. The fourth-order valence-electron chi connectivity index (χ4n) is 2.11. The highest BCUT2D eigenvalue weighted by atomic mass is 32.2. The minimum Gasteiger partial charge on any atom is -0.329 e. The predicted molar refractivity (Wildman–Crippen MR) is 59.0 cm³/mol. The van der Waals surface area contributed by atoms with Crippen molar-refractivity contribution in [2.75, 3.05) is 18.1 Å². The fraction of sp³-hybridized carbons (Fsp3) is 0.800. The van der Waals surface area contributed by atoms with E-state index in [-0.39, 0.29) is 5.54 Å². The summed E-state index contributed by atoms with van der Waals surface area (Å²) in [5.74, 6) is 2.46. The van der Waals surface area contributed by atoms with Gasteiger partial charge in [0.2, 0.25) is 0 Å². The van der Waals surface area contributed by atoms with Gasteiger partial charge in [-0.2, -0.15) is 11.8 Å². The normalized spacial score (nSPS) is 34.5. The third-order valence-corrected chi connectivity index (χ3v) is 4.26. The highest BCUT2D eigenvalue weighted by Crippen LogP contribution is 2.28. The second-order valence-corrected chi connectivity index (χ2v) is 5.18. The lowest BCUT2D eigenvalue weighted by Gasteiger charge is -2.31. The summed E-state index contributed by atoms with van der Waals surface area (Å²) < 4.78 is 0. The number of nitrogens with two attached hydrogens (primary N) is 1. The Labute approximate surface area is 84.3 Å². The third kappa shape index (κ3) is 2.09. The maximum Gasteiger partial charge on any atom is 0.0405 e. The van der Waals surface area contributed by atoms with Crippen molar-refractivity contribution in [1.29, 1.82) is 0 Å². The van der Waals surface area contributed by atoms with E-state index in [2.05, 4.69) is 17.5 Å². The van der Waals surface area contributed by atoms with Crippen molar-refractivity contribution in [2.45, 2.75) is 30.8 Å². The molecule has 74 valence electrons. The van der Waals surface area contributed by atoms with E-state index < -0.39 is 0 Å². The van der Waals surface area contributed by atoms with Crippen LogP contribution in [0.15, 0.2) is 12.2 Å². The van der Waals surface area contributed by atoms with Gasteiger partial charge in [0.15, 0.2) is 0 Å². The fourth-order valence-corrected chi connectivity index (χ4v) is 3.52. The van der Waals surface area contributed by atoms with Gasteiger partial charge in [0.25, 0.3) is 0 Å². The van der Waals surface area contributed by atoms with Crippen LogP contribution in [0.5, 0.6) is 0 Å². The molecule has 1 fully saturated rings. The molecule has 0 bridgehead atoms. The number of hydrogen-bond acceptors (Lipinski definition) is 3. The summed E-state index contributed by atoms with van der Waals surface area (Å²) in [6, 6.07) is 0.655. The third-order valence-electron chi connectivity index (χ3n) is 3.01. The van der Waals surface area contributed by atoms with Crippen molar-refractivity contribution in [3.63, 3.8) is 0 Å². The molecule has 3 N–H and O–H groups in total. The molecule has 0 aromatic carbocycles. The molecule has 1 aliphatic heterocycles. The first-order valence-corrected chi connectivity index (χ1v) is 6.21. The molecule has 2 aliphatic rings. The zero-order chi connectivity index (χ0) is 9.15. The number of rotatable bonds is 3. The van der Waals surface area contributed by atoms with Crippen LogP contribution in [0.2, 0.25) is 0 Å². The van der Waals surface area contributed by atoms with Gasteiger partial charge >= 0.3 is 0 Å². The van der Waals surface area contributed by atoms with Gasteiger partial charge in [-0.25, -0.2) is 0 Å². The molecule has 0 amide bonds. The summed E-state index contributed by atoms with van der Waals surface area (Å²) in [5, 5.41) is 3.73. The summed E-state index contributed by atoms with van der Waals surface area (Å²) in [6.45, 7) is 0.788. The van der Waals surface area contributed by atoms with Gasteiger partial charge in [0, 0.05) is 23.9 Å². The Morgan fingerprint density at radius 3 is 2.77 bits per heavy atom. The van der Waals surface area contributed by atoms with Crippen LogP contribution < -0.4 is 11.1 Å². The monoisotopic (exact) mass is 198 g/mol. The van der Waals surface area contributed by atoms with Crippen LogP contribution in [-0.2, 0) is 0 Å². The zero-order valence-corrected chi connectivity index (χ0v) is 8.78. The summed E-state index contributed by atoms with van der Waals surface area (Å²) in [6.07, 6.45) is 8.15. The second-order valence-electron chi connectivity index (χ2n) is 4.07. The molecule has 0 saturated carbocycles. The van der Waals surface area contributed by atoms with E-state index in [1.807, 2.05) is 11.8 Å². The largest absolute Gasteiger partial charge is 0.329 e. The lowest BCUT2D eigenvalue weighted by Crippen LogP contribution is -2.54. The quantitative estimate of drug-likeness (QED) is 0.668. The van der Waals surface area contributed by atoms with E-state index in [0.717, 1.165) is 6.54 Å². The second kappa shape index (κ2) is 4.03. The van der Waals surface area contributed by atoms with Gasteiger partial charge in [-0.3, -0.25) is 0 Å². The van der Waals surface area contributed by atoms with Crippen molar-refractivity contribution in [1.82, 2.24) is 5.32 Å². The molecule has 0 aromatic heterocycles. The first kappa shape index (κ1) is 9.56. The molecule has 1 unspecified atom stereocenters. The molecule has 0 spiro atoms. The van der Waals surface area contributed by atoms with Crippen LogP contribution in [0.25, 0.3) is 0 Å². The smallest absolute Gasteiger partial charge is 0.0405 e. The number of thioether (sulfide) groups is 1. The first-order valence-electron chi connectivity index (χ1n) is 5.05. The maximum absolute atomic E-state index is 5.85. The van der Waals surface area contributed by atoms with Crippen LogP contribution in [0, 0.1) is 0 Å². The Hall–Kier alpha value is 0.01000. The van der Waals surface area contributed by atoms with Gasteiger partial charge in [-0.15, -0.1) is 0 Å². The van der Waals surface area contributed by atoms with E-state index in [9.17, 15) is 0 Å². The van der Waals surface area contributed by atoms with Crippen molar-refractivity contribution < 1.29 is 0 Å². The van der Waals surface area contributed by atoms with Crippen LogP contribution in [0.3, 0.4) is 0 Å². The van der Waals surface area contributed by atoms with Crippen LogP contribution in [-0.4, -0.2) is 29.6 Å². The molecule has 2 rings (SSSR count). The van der Waals surface area contributed by atoms with Crippen LogP contribution >= 0.6 is 11.8 Å². The van der Waals surface area contributed by atoms with Crippen LogP contribution in [0.1, 0.15) is 19.3 Å². The van der Waals surface area contributed by atoms with Crippen molar-refractivity contribution in [3.8, 4) is 0 Å². The first-order chi connectivity index (χ1) is 6.35. The Kier molecular flexibility index (Phi) is 2.96. The van der Waals surface area contributed by atoms with E-state index in [4.69, 9.17) is 5.73 Å². The average Bonchev–Trinajstić information content (AvgIpc) is 2.77. The predicted octanol–water partition coefficient (Wildman–Crippen LogP) is 1.13. The average molecular weight is 198 g/mol. The Balaban J connectivity index is 1.89. The van der Waals surface area contributed by atoms with Gasteiger partial charge in [0.1, 0.15) is 0 Å². The molecular formula is C10H18N2S. The number of hydrogen-bond donors (Lipinski definition) is 2. The molecule has 1 atom stereocenters. The molecule has 1 aliphatic carbocycles. The lowest BCUT2D eigenvalue weighted by atomic mass is 9.97. The molecule has 0 radical (unpaired) electrons. The Morgan fingerprint density at radius 1 is 1.46 bits per heavy atom. The van der Waals surface area contributed by atoms with E-state index in [1.54, 1.807) is 0 Å². The number of nitrogens with one attached hydrogen (secondary N) is 1. The van der Waals surface area contributed by atoms with Gasteiger partial charge in [-0.1, -0.05) is 12.2 Å². The van der Waals surface area contributed by atoms with Crippen molar-refractivity contribution in [2.24, 2.45) is 5.73 Å². The topological polar surface area (TPSA) is 38.0 Å². The molecule has 1 heterocycles. The molecule has 1 saturated heterocycles. The molecule has 0 aromatic rings. The Bertz CT molecular complexity index is 189. The summed E-state index contributed by atoms with van der Waals surface area (Å²) >= 11 is 2.03. The minimum atomic E-state index is 0.251. The molecule has 2 nitrogen and oxygen atoms in total. The minimum absolute atomic E-state index is 0.251. The van der Waals surface area contributed by atoms with Crippen molar-refractivity contribution in [3.05, 3.63) is 12.2 Å². The van der Waals surface area contributed by atoms with Gasteiger partial charge in [0.05, 0.1) is 0 Å². The molecular weight excluding hydrogens is 180 g/mol. The summed E-state index contributed by atoms with van der Waals surface area (Å²) in [7, 11) is 0. The molecule has 13 heavy (non-hydrogen) atoms. The van der Waals surface area contributed by atoms with Crippen molar-refractivity contribution >= 4 is 11.8 Å². The maximum atomic E-state index is 5.85. The SMILES string of the molecule is NCC1(NC2CC=CC2)CCSC1. The molecule has 3 heteroatoms. The van der Waals surface area contributed by atoms with Crippen LogP contribution in [0.4, 0.5) is 0 Å². The highest BCUT2D eigenvalue weighted by molar-refractivity contribution is 7.99. The zero-order valence-electron chi connectivity index (χ0n) is 7.96. The van der Waals surface area contributed by atoms with E-state index in [1.165, 1.54) is 30.8 Å². The van der Waals surface area contributed by atoms with E-state index >= 15 is 0 Å².